The van der Waals surface area contributed by atoms with E-state index in [9.17, 15) is 23.5 Å². The molecule has 1 aromatic carbocycles. The molecule has 1 amide bonds. The van der Waals surface area contributed by atoms with E-state index in [2.05, 4.69) is 4.74 Å². The van der Waals surface area contributed by atoms with E-state index in [0.717, 1.165) is 24.3 Å². The van der Waals surface area contributed by atoms with Crippen LogP contribution in [0.5, 0.6) is 0 Å². The number of methoxy groups -OCH3 is 1. The zero-order valence-electron chi connectivity index (χ0n) is 11.3. The van der Waals surface area contributed by atoms with Gasteiger partial charge in [-0.05, 0) is 17.7 Å². The zero-order valence-corrected chi connectivity index (χ0v) is 11.3. The summed E-state index contributed by atoms with van der Waals surface area (Å²) >= 11 is 0. The summed E-state index contributed by atoms with van der Waals surface area (Å²) in [7, 11) is 2.20. The largest absolute Gasteiger partial charge is 0.502 e. The number of esters is 1. The number of rotatable bonds is 5. The Morgan fingerprint density at radius 3 is 2.48 bits per heavy atom. The topological polar surface area (TPSA) is 76.1 Å². The molecule has 0 bridgehead atoms. The Kier molecular flexibility index (Phi) is 5.79. The van der Waals surface area contributed by atoms with Gasteiger partial charge in [-0.15, -0.1) is 0 Å². The highest BCUT2D eigenvalue weighted by molar-refractivity contribution is 5.96. The smallest absolute Gasteiger partial charge is 0.373 e. The molecule has 0 spiro atoms. The number of aliphatic hydroxyl groups is 1. The predicted octanol–water partition coefficient (Wildman–Crippen LogP) is 1.47. The first-order chi connectivity index (χ1) is 9.88. The second kappa shape index (κ2) is 7.34. The van der Waals surface area contributed by atoms with E-state index in [1.165, 1.54) is 13.2 Å². The number of carbonyl (C=O) groups excluding carboxylic acids is 2. The van der Waals surface area contributed by atoms with E-state index in [1.54, 1.807) is 0 Å². The summed E-state index contributed by atoms with van der Waals surface area (Å²) in [5, 5.41) is 9.99. The monoisotopic (exact) mass is 301 g/mol. The Morgan fingerprint density at radius 1 is 1.29 bits per heavy atom. The van der Waals surface area contributed by atoms with Crippen LogP contribution in [0.1, 0.15) is 5.56 Å². The van der Waals surface area contributed by atoms with Gasteiger partial charge in [0.1, 0.15) is 0 Å². The molecule has 8 heteroatoms. The molecule has 1 rings (SSSR count). The first-order valence-corrected chi connectivity index (χ1v) is 5.67. The maximum Gasteiger partial charge on any atom is 0.373 e. The van der Waals surface area contributed by atoms with Gasteiger partial charge in [0.15, 0.2) is 11.6 Å². The van der Waals surface area contributed by atoms with Crippen molar-refractivity contribution in [2.24, 2.45) is 0 Å². The SMILES string of the molecule is COC(=O)/C(O)=C/C(=O)N(Cc1ccc(F)c(F)c1)OC. The molecule has 21 heavy (non-hydrogen) atoms. The van der Waals surface area contributed by atoms with Crippen molar-refractivity contribution in [1.82, 2.24) is 5.06 Å². The van der Waals surface area contributed by atoms with E-state index in [1.807, 2.05) is 0 Å². The van der Waals surface area contributed by atoms with Gasteiger partial charge >= 0.3 is 5.97 Å². The Hall–Kier alpha value is -2.48. The van der Waals surface area contributed by atoms with Gasteiger partial charge in [0.25, 0.3) is 5.91 Å². The van der Waals surface area contributed by atoms with Gasteiger partial charge < -0.3 is 9.84 Å². The Balaban J connectivity index is 2.85. The van der Waals surface area contributed by atoms with Gasteiger partial charge in [0.05, 0.1) is 26.8 Å². The molecule has 1 aromatic rings. The quantitative estimate of drug-likeness (QED) is 0.386. The first-order valence-electron chi connectivity index (χ1n) is 5.67. The number of halogens is 2. The molecule has 0 atom stereocenters. The minimum atomic E-state index is -1.09. The number of hydrogen-bond donors (Lipinski definition) is 1. The van der Waals surface area contributed by atoms with E-state index in [-0.39, 0.29) is 12.1 Å². The molecule has 6 nitrogen and oxygen atoms in total. The third kappa shape index (κ3) is 4.53. The lowest BCUT2D eigenvalue weighted by Crippen LogP contribution is -2.28. The Bertz CT molecular complexity index is 574. The van der Waals surface area contributed by atoms with Crippen LogP contribution in [0.2, 0.25) is 0 Å². The van der Waals surface area contributed by atoms with Crippen LogP contribution in [0.4, 0.5) is 8.78 Å². The fourth-order valence-electron chi connectivity index (χ4n) is 1.39. The van der Waals surface area contributed by atoms with Gasteiger partial charge in [-0.1, -0.05) is 6.07 Å². The lowest BCUT2D eigenvalue weighted by molar-refractivity contribution is -0.173. The van der Waals surface area contributed by atoms with E-state index in [0.29, 0.717) is 6.08 Å². The average molecular weight is 301 g/mol. The molecular formula is C13H13F2NO5. The summed E-state index contributed by atoms with van der Waals surface area (Å²) in [6, 6.07) is 3.07. The fourth-order valence-corrected chi connectivity index (χ4v) is 1.39. The van der Waals surface area contributed by atoms with Crippen LogP contribution in [0.15, 0.2) is 30.0 Å². The number of nitrogens with zero attached hydrogens (tertiary/aromatic N) is 1. The second-order valence-corrected chi connectivity index (χ2v) is 3.83. The molecule has 114 valence electrons. The summed E-state index contributed by atoms with van der Waals surface area (Å²) in [6.07, 6.45) is 0.592. The summed E-state index contributed by atoms with van der Waals surface area (Å²) < 4.78 is 30.1. The van der Waals surface area contributed by atoms with E-state index < -0.39 is 29.3 Å². The van der Waals surface area contributed by atoms with Crippen LogP contribution in [0.3, 0.4) is 0 Å². The van der Waals surface area contributed by atoms with Gasteiger partial charge in [-0.25, -0.2) is 18.6 Å². The number of hydroxylamine groups is 2. The van der Waals surface area contributed by atoms with Gasteiger partial charge in [-0.2, -0.15) is 0 Å². The molecule has 0 fully saturated rings. The van der Waals surface area contributed by atoms with Crippen molar-refractivity contribution in [2.75, 3.05) is 14.2 Å². The minimum absolute atomic E-state index is 0.211. The molecule has 0 aliphatic carbocycles. The summed E-state index contributed by atoms with van der Waals surface area (Å²) in [6.45, 7) is -0.211. The first kappa shape index (κ1) is 16.6. The van der Waals surface area contributed by atoms with Crippen molar-refractivity contribution in [1.29, 1.82) is 0 Å². The zero-order chi connectivity index (χ0) is 16.0. The number of benzene rings is 1. The maximum atomic E-state index is 13.1. The molecule has 0 radical (unpaired) electrons. The number of ether oxygens (including phenoxy) is 1. The molecule has 0 aliphatic heterocycles. The highest BCUT2D eigenvalue weighted by Gasteiger charge is 2.16. The van der Waals surface area contributed by atoms with Gasteiger partial charge in [0.2, 0.25) is 5.76 Å². The molecule has 0 unspecified atom stereocenters. The van der Waals surface area contributed by atoms with Gasteiger partial charge in [0, 0.05) is 0 Å². The van der Waals surface area contributed by atoms with Crippen molar-refractivity contribution in [2.45, 2.75) is 6.54 Å². The molecule has 0 saturated carbocycles. The minimum Gasteiger partial charge on any atom is -0.502 e. The fraction of sp³-hybridized carbons (Fsp3) is 0.231. The van der Waals surface area contributed by atoms with Crippen LogP contribution in [0, 0.1) is 11.6 Å². The number of hydrogen-bond acceptors (Lipinski definition) is 5. The van der Waals surface area contributed by atoms with Gasteiger partial charge in [-0.3, -0.25) is 9.63 Å². The number of carbonyl (C=O) groups is 2. The van der Waals surface area contributed by atoms with Crippen LogP contribution < -0.4 is 0 Å². The third-order valence-electron chi connectivity index (χ3n) is 2.43. The maximum absolute atomic E-state index is 13.1. The van der Waals surface area contributed by atoms with Crippen molar-refractivity contribution in [3.05, 3.63) is 47.2 Å². The van der Waals surface area contributed by atoms with Crippen molar-refractivity contribution in [3.8, 4) is 0 Å². The van der Waals surface area contributed by atoms with Crippen LogP contribution in [0.25, 0.3) is 0 Å². The molecule has 0 aromatic heterocycles. The molecule has 0 saturated heterocycles. The molecule has 1 N–H and O–H groups in total. The van der Waals surface area contributed by atoms with Crippen molar-refractivity contribution < 1.29 is 33.1 Å². The molecular weight excluding hydrogens is 288 g/mol. The second-order valence-electron chi connectivity index (χ2n) is 3.83. The summed E-state index contributed by atoms with van der Waals surface area (Å²) in [4.78, 5) is 27.5. The number of aliphatic hydroxyl groups excluding tert-OH is 1. The average Bonchev–Trinajstić information content (AvgIpc) is 2.47. The van der Waals surface area contributed by atoms with Crippen molar-refractivity contribution in [3.63, 3.8) is 0 Å². The van der Waals surface area contributed by atoms with Crippen LogP contribution in [-0.2, 0) is 25.7 Å². The van der Waals surface area contributed by atoms with Crippen LogP contribution in [-0.4, -0.2) is 36.3 Å². The van der Waals surface area contributed by atoms with Crippen molar-refractivity contribution >= 4 is 11.9 Å². The predicted molar refractivity (Wildman–Crippen MR) is 66.6 cm³/mol. The molecule has 0 aliphatic rings. The lowest BCUT2D eigenvalue weighted by atomic mass is 10.2. The highest BCUT2D eigenvalue weighted by Crippen LogP contribution is 2.11. The normalized spacial score (nSPS) is 11.1. The van der Waals surface area contributed by atoms with E-state index >= 15 is 0 Å². The highest BCUT2D eigenvalue weighted by atomic mass is 19.2. The standard InChI is InChI=1S/C13H13F2NO5/c1-20-13(19)11(17)6-12(18)16(21-2)7-8-3-4-9(14)10(15)5-8/h3-6,17H,7H2,1-2H3/b11-6-. The Labute approximate surface area is 119 Å². The van der Waals surface area contributed by atoms with E-state index in [4.69, 9.17) is 4.84 Å². The summed E-state index contributed by atoms with van der Waals surface area (Å²) in [5.41, 5.74) is 0.259. The number of amides is 1. The summed E-state index contributed by atoms with van der Waals surface area (Å²) in [5.74, 6) is -4.95. The van der Waals surface area contributed by atoms with Crippen LogP contribution >= 0.6 is 0 Å². The third-order valence-corrected chi connectivity index (χ3v) is 2.43. The Morgan fingerprint density at radius 2 is 1.95 bits per heavy atom. The molecule has 0 heterocycles. The lowest BCUT2D eigenvalue weighted by Gasteiger charge is -2.18.